The number of carbonyl (C=O) groups excluding carboxylic acids is 1. The predicted octanol–water partition coefficient (Wildman–Crippen LogP) is 2.36. The molecular weight excluding hydrogens is 262 g/mol. The molecule has 19 heavy (non-hydrogen) atoms. The van der Waals surface area contributed by atoms with Crippen molar-refractivity contribution in [2.24, 2.45) is 5.73 Å². The molecule has 1 unspecified atom stereocenters. The minimum Gasteiger partial charge on any atom is -0.352 e. The van der Waals surface area contributed by atoms with Gasteiger partial charge in [-0.1, -0.05) is 17.7 Å². The van der Waals surface area contributed by atoms with Crippen molar-refractivity contribution in [3.8, 4) is 0 Å². The summed E-state index contributed by atoms with van der Waals surface area (Å²) in [6, 6.07) is 7.19. The summed E-state index contributed by atoms with van der Waals surface area (Å²) in [5, 5.41) is 4.21. The lowest BCUT2D eigenvalue weighted by atomic mass is 10.1. The van der Waals surface area contributed by atoms with Gasteiger partial charge in [0.05, 0.1) is 11.1 Å². The molecule has 1 heterocycles. The Hall–Kier alpha value is -1.65. The lowest BCUT2D eigenvalue weighted by Gasteiger charge is -2.09. The average molecular weight is 278 g/mol. The monoisotopic (exact) mass is 277 g/mol. The van der Waals surface area contributed by atoms with Crippen LogP contribution in [0.2, 0.25) is 5.02 Å². The molecule has 1 amide bonds. The van der Waals surface area contributed by atoms with Crippen LogP contribution in [0, 0.1) is 0 Å². The maximum Gasteiger partial charge on any atom is 0.253 e. The topological polar surface area (TPSA) is 68.0 Å². The fourth-order valence-corrected chi connectivity index (χ4v) is 2.06. The Morgan fingerprint density at radius 3 is 3.05 bits per heavy atom. The van der Waals surface area contributed by atoms with E-state index in [1.165, 1.54) is 0 Å². The van der Waals surface area contributed by atoms with Gasteiger partial charge in [-0.05, 0) is 31.5 Å². The fraction of sp³-hybridized carbons (Fsp3) is 0.286. The summed E-state index contributed by atoms with van der Waals surface area (Å²) in [7, 11) is 0. The van der Waals surface area contributed by atoms with Gasteiger partial charge < -0.3 is 11.1 Å². The van der Waals surface area contributed by atoms with E-state index < -0.39 is 0 Å². The largest absolute Gasteiger partial charge is 0.352 e. The van der Waals surface area contributed by atoms with Crippen molar-refractivity contribution in [1.29, 1.82) is 0 Å². The maximum atomic E-state index is 12.1. The quantitative estimate of drug-likeness (QED) is 0.901. The molecule has 0 spiro atoms. The highest BCUT2D eigenvalue weighted by molar-refractivity contribution is 6.32. The first-order chi connectivity index (χ1) is 9.08. The lowest BCUT2D eigenvalue weighted by molar-refractivity contribution is 0.0954. The summed E-state index contributed by atoms with van der Waals surface area (Å²) in [4.78, 5) is 16.4. The molecule has 0 aliphatic rings. The molecule has 1 aromatic carbocycles. The number of aromatic nitrogens is 1. The van der Waals surface area contributed by atoms with Gasteiger partial charge in [0.15, 0.2) is 0 Å². The van der Waals surface area contributed by atoms with Gasteiger partial charge in [-0.3, -0.25) is 9.78 Å². The van der Waals surface area contributed by atoms with Crippen molar-refractivity contribution in [3.63, 3.8) is 0 Å². The van der Waals surface area contributed by atoms with E-state index in [-0.39, 0.29) is 11.9 Å². The zero-order valence-electron chi connectivity index (χ0n) is 10.7. The molecule has 2 aromatic rings. The third kappa shape index (κ3) is 3.43. The number of nitrogens with zero attached hydrogens (tertiary/aromatic N) is 1. The molecular formula is C14H16ClN3O. The van der Waals surface area contributed by atoms with Crippen LogP contribution in [0.5, 0.6) is 0 Å². The third-order valence-corrected chi connectivity index (χ3v) is 3.02. The minimum absolute atomic E-state index is 0.0644. The van der Waals surface area contributed by atoms with Crippen molar-refractivity contribution in [2.45, 2.75) is 19.4 Å². The molecule has 0 saturated carbocycles. The van der Waals surface area contributed by atoms with E-state index in [4.69, 9.17) is 17.3 Å². The van der Waals surface area contributed by atoms with Crippen LogP contribution in [0.15, 0.2) is 30.5 Å². The van der Waals surface area contributed by atoms with Crippen molar-refractivity contribution < 1.29 is 4.79 Å². The number of halogens is 1. The van der Waals surface area contributed by atoms with Crippen LogP contribution >= 0.6 is 11.6 Å². The molecule has 2 rings (SSSR count). The molecule has 0 fully saturated rings. The average Bonchev–Trinajstić information content (AvgIpc) is 2.37. The van der Waals surface area contributed by atoms with Crippen LogP contribution in [0.3, 0.4) is 0 Å². The molecule has 1 aromatic heterocycles. The smallest absolute Gasteiger partial charge is 0.253 e. The molecule has 100 valence electrons. The zero-order valence-corrected chi connectivity index (χ0v) is 11.4. The number of hydrogen-bond acceptors (Lipinski definition) is 3. The molecule has 4 nitrogen and oxygen atoms in total. The highest BCUT2D eigenvalue weighted by Crippen LogP contribution is 2.22. The molecule has 1 atom stereocenters. The highest BCUT2D eigenvalue weighted by atomic mass is 35.5. The summed E-state index contributed by atoms with van der Waals surface area (Å²) >= 11 is 6.02. The number of fused-ring (bicyclic) bond motifs is 1. The first-order valence-corrected chi connectivity index (χ1v) is 6.54. The van der Waals surface area contributed by atoms with E-state index in [0.29, 0.717) is 22.6 Å². The molecule has 0 aliphatic carbocycles. The Kier molecular flexibility index (Phi) is 4.35. The number of rotatable bonds is 4. The van der Waals surface area contributed by atoms with Crippen molar-refractivity contribution in [3.05, 3.63) is 41.0 Å². The van der Waals surface area contributed by atoms with E-state index in [0.717, 1.165) is 11.8 Å². The number of nitrogens with one attached hydrogen (secondary N) is 1. The first-order valence-electron chi connectivity index (χ1n) is 6.16. The van der Waals surface area contributed by atoms with Gasteiger partial charge in [-0.2, -0.15) is 0 Å². The van der Waals surface area contributed by atoms with Gasteiger partial charge in [0, 0.05) is 29.2 Å². The van der Waals surface area contributed by atoms with Crippen molar-refractivity contribution in [1.82, 2.24) is 10.3 Å². The third-order valence-electron chi connectivity index (χ3n) is 2.80. The van der Waals surface area contributed by atoms with Crippen LogP contribution in [-0.2, 0) is 0 Å². The van der Waals surface area contributed by atoms with E-state index in [1.807, 2.05) is 19.1 Å². The Morgan fingerprint density at radius 2 is 2.32 bits per heavy atom. The Labute approximate surface area is 117 Å². The summed E-state index contributed by atoms with van der Waals surface area (Å²) in [5.41, 5.74) is 6.80. The van der Waals surface area contributed by atoms with Gasteiger partial charge >= 0.3 is 0 Å². The van der Waals surface area contributed by atoms with Gasteiger partial charge in [0.25, 0.3) is 5.91 Å². The van der Waals surface area contributed by atoms with Crippen LogP contribution in [0.4, 0.5) is 0 Å². The minimum atomic E-state index is -0.174. The first kappa shape index (κ1) is 13.8. The van der Waals surface area contributed by atoms with Crippen molar-refractivity contribution in [2.75, 3.05) is 6.54 Å². The Bertz CT molecular complexity index is 598. The molecule has 0 radical (unpaired) electrons. The number of nitrogens with two attached hydrogens (primary N) is 1. The number of hydrogen-bond donors (Lipinski definition) is 2. The summed E-state index contributed by atoms with van der Waals surface area (Å²) in [6.45, 7) is 2.44. The van der Waals surface area contributed by atoms with Crippen LogP contribution in [-0.4, -0.2) is 23.5 Å². The molecule has 0 saturated heterocycles. The number of amides is 1. The van der Waals surface area contributed by atoms with Gasteiger partial charge in [0.1, 0.15) is 0 Å². The van der Waals surface area contributed by atoms with Crippen molar-refractivity contribution >= 4 is 28.4 Å². The van der Waals surface area contributed by atoms with Gasteiger partial charge in [-0.15, -0.1) is 0 Å². The van der Waals surface area contributed by atoms with E-state index >= 15 is 0 Å². The second-order valence-electron chi connectivity index (χ2n) is 4.55. The van der Waals surface area contributed by atoms with Crippen LogP contribution in [0.25, 0.3) is 10.9 Å². The standard InChI is InChI=1S/C14H16ClN3O/c1-9(16)4-6-18-14(19)12-8-11(15)7-10-3-2-5-17-13(10)12/h2-3,5,7-9H,4,6,16H2,1H3,(H,18,19). The van der Waals surface area contributed by atoms with Crippen LogP contribution in [0.1, 0.15) is 23.7 Å². The lowest BCUT2D eigenvalue weighted by Crippen LogP contribution is -2.29. The van der Waals surface area contributed by atoms with E-state index in [1.54, 1.807) is 18.3 Å². The highest BCUT2D eigenvalue weighted by Gasteiger charge is 2.12. The van der Waals surface area contributed by atoms with E-state index in [2.05, 4.69) is 10.3 Å². The van der Waals surface area contributed by atoms with Gasteiger partial charge in [-0.25, -0.2) is 0 Å². The molecule has 0 bridgehead atoms. The second kappa shape index (κ2) is 5.99. The second-order valence-corrected chi connectivity index (χ2v) is 4.99. The van der Waals surface area contributed by atoms with E-state index in [9.17, 15) is 4.79 Å². The molecule has 5 heteroatoms. The fourth-order valence-electron chi connectivity index (χ4n) is 1.84. The summed E-state index contributed by atoms with van der Waals surface area (Å²) < 4.78 is 0. The number of carbonyl (C=O) groups is 1. The Balaban J connectivity index is 2.26. The molecule has 0 aliphatic heterocycles. The summed E-state index contributed by atoms with van der Waals surface area (Å²) in [6.07, 6.45) is 2.40. The normalized spacial score (nSPS) is 12.4. The number of benzene rings is 1. The summed E-state index contributed by atoms with van der Waals surface area (Å²) in [5.74, 6) is -0.174. The maximum absolute atomic E-state index is 12.1. The molecule has 3 N–H and O–H groups in total. The van der Waals surface area contributed by atoms with Gasteiger partial charge in [0.2, 0.25) is 0 Å². The predicted molar refractivity (Wildman–Crippen MR) is 77.4 cm³/mol. The Morgan fingerprint density at radius 1 is 1.53 bits per heavy atom. The number of pyridine rings is 1. The van der Waals surface area contributed by atoms with Crippen LogP contribution < -0.4 is 11.1 Å². The SMILES string of the molecule is CC(N)CCNC(=O)c1cc(Cl)cc2cccnc12. The zero-order chi connectivity index (χ0) is 13.8.